The fraction of sp³-hybridized carbons (Fsp3) is 0.667. The van der Waals surface area contributed by atoms with Gasteiger partial charge in [-0.05, 0) is 20.4 Å². The Kier molecular flexibility index (Phi) is 3.29. The minimum atomic E-state index is 0.928. The summed E-state index contributed by atoms with van der Waals surface area (Å²) in [5.41, 5.74) is 1.09. The molecule has 1 fully saturated rings. The van der Waals surface area contributed by atoms with Crippen LogP contribution in [0, 0.1) is 0 Å². The topological polar surface area (TPSA) is 18.8 Å². The molecule has 3 nitrogen and oxygen atoms in total. The van der Waals surface area contributed by atoms with Gasteiger partial charge in [0.2, 0.25) is 0 Å². The van der Waals surface area contributed by atoms with Gasteiger partial charge in [0.15, 0.2) is 0 Å². The van der Waals surface area contributed by atoms with Crippen molar-refractivity contribution >= 4 is 6.21 Å². The van der Waals surface area contributed by atoms with Crippen LogP contribution in [0.25, 0.3) is 0 Å². The second-order valence-electron chi connectivity index (χ2n) is 3.15. The summed E-state index contributed by atoms with van der Waals surface area (Å²) in [6, 6.07) is 0. The van der Waals surface area contributed by atoms with Gasteiger partial charge in [0.25, 0.3) is 0 Å². The van der Waals surface area contributed by atoms with Crippen molar-refractivity contribution in [2.24, 2.45) is 5.10 Å². The normalized spacial score (nSPS) is 21.8. The molecule has 1 rings (SSSR count). The summed E-state index contributed by atoms with van der Waals surface area (Å²) in [4.78, 5) is 2.27. The lowest BCUT2D eigenvalue weighted by Gasteiger charge is -2.18. The van der Waals surface area contributed by atoms with Crippen LogP contribution < -0.4 is 0 Å². The van der Waals surface area contributed by atoms with Crippen LogP contribution in [0.15, 0.2) is 17.4 Å². The average molecular weight is 167 g/mol. The van der Waals surface area contributed by atoms with E-state index in [1.165, 1.54) is 0 Å². The Morgan fingerprint density at radius 3 is 2.92 bits per heavy atom. The van der Waals surface area contributed by atoms with Crippen LogP contribution in [0.2, 0.25) is 0 Å². The molecule has 0 unspecified atom stereocenters. The molecule has 0 aliphatic carbocycles. The summed E-state index contributed by atoms with van der Waals surface area (Å²) in [6.07, 6.45) is 2.98. The van der Waals surface area contributed by atoms with E-state index in [2.05, 4.69) is 23.6 Å². The number of rotatable bonds is 1. The summed E-state index contributed by atoms with van der Waals surface area (Å²) < 4.78 is 0. The zero-order chi connectivity index (χ0) is 8.97. The van der Waals surface area contributed by atoms with Gasteiger partial charge < -0.3 is 4.90 Å². The van der Waals surface area contributed by atoms with E-state index in [1.807, 2.05) is 18.1 Å². The first kappa shape index (κ1) is 9.26. The molecule has 1 aliphatic heterocycles. The molecule has 0 aromatic heterocycles. The van der Waals surface area contributed by atoms with Crippen LogP contribution in [-0.4, -0.2) is 42.8 Å². The van der Waals surface area contributed by atoms with Crippen molar-refractivity contribution in [3.63, 3.8) is 0 Å². The molecular weight excluding hydrogens is 150 g/mol. The van der Waals surface area contributed by atoms with Gasteiger partial charge in [-0.15, -0.1) is 0 Å². The summed E-state index contributed by atoms with van der Waals surface area (Å²) in [5, 5.41) is 6.23. The fourth-order valence-corrected chi connectivity index (χ4v) is 1.40. The maximum absolute atomic E-state index is 4.24. The summed E-state index contributed by atoms with van der Waals surface area (Å²) in [7, 11) is 2.12. The number of likely N-dealkylation sites (N-methyl/N-ethyl adjacent to an activating group) is 1. The Hall–Kier alpha value is -0.830. The highest BCUT2D eigenvalue weighted by molar-refractivity contribution is 5.52. The van der Waals surface area contributed by atoms with Crippen molar-refractivity contribution < 1.29 is 0 Å². The molecular formula is C9H17N3. The van der Waals surface area contributed by atoms with Gasteiger partial charge >= 0.3 is 0 Å². The second-order valence-corrected chi connectivity index (χ2v) is 3.15. The molecule has 1 heterocycles. The standard InChI is InChI=1S/C9H17N3/c1-4-10-12-7-5-6-11(3)8-9(12)2/h4H,2,5-8H2,1,3H3/b10-4-. The third-order valence-electron chi connectivity index (χ3n) is 1.98. The molecule has 0 amide bonds. The fourth-order valence-electron chi connectivity index (χ4n) is 1.40. The average Bonchev–Trinajstić information content (AvgIpc) is 2.15. The van der Waals surface area contributed by atoms with E-state index in [1.54, 1.807) is 0 Å². The lowest BCUT2D eigenvalue weighted by atomic mass is 10.4. The molecule has 1 aliphatic rings. The van der Waals surface area contributed by atoms with E-state index >= 15 is 0 Å². The third kappa shape index (κ3) is 2.34. The van der Waals surface area contributed by atoms with Gasteiger partial charge in [-0.3, -0.25) is 5.01 Å². The van der Waals surface area contributed by atoms with Crippen molar-refractivity contribution in [2.75, 3.05) is 26.7 Å². The van der Waals surface area contributed by atoms with Gasteiger partial charge in [0, 0.05) is 31.5 Å². The number of hydrogen-bond acceptors (Lipinski definition) is 3. The zero-order valence-corrected chi connectivity index (χ0v) is 7.95. The Morgan fingerprint density at radius 1 is 1.50 bits per heavy atom. The Morgan fingerprint density at radius 2 is 2.25 bits per heavy atom. The molecule has 0 saturated carbocycles. The first-order valence-corrected chi connectivity index (χ1v) is 4.36. The lowest BCUT2D eigenvalue weighted by Crippen LogP contribution is -2.22. The molecule has 0 N–H and O–H groups in total. The van der Waals surface area contributed by atoms with E-state index in [4.69, 9.17) is 0 Å². The zero-order valence-electron chi connectivity index (χ0n) is 7.95. The second kappa shape index (κ2) is 4.26. The van der Waals surface area contributed by atoms with E-state index in [0.29, 0.717) is 0 Å². The Bertz CT molecular complexity index is 186. The van der Waals surface area contributed by atoms with Crippen LogP contribution in [0.1, 0.15) is 13.3 Å². The Labute approximate surface area is 74.3 Å². The molecule has 0 atom stereocenters. The van der Waals surface area contributed by atoms with E-state index in [0.717, 1.165) is 31.8 Å². The van der Waals surface area contributed by atoms with Crippen molar-refractivity contribution in [1.82, 2.24) is 9.91 Å². The number of nitrogens with zero attached hydrogens (tertiary/aromatic N) is 3. The summed E-state index contributed by atoms with van der Waals surface area (Å²) in [6.45, 7) is 8.98. The summed E-state index contributed by atoms with van der Waals surface area (Å²) >= 11 is 0. The number of hydrazone groups is 1. The first-order valence-electron chi connectivity index (χ1n) is 4.36. The quantitative estimate of drug-likeness (QED) is 0.545. The van der Waals surface area contributed by atoms with Gasteiger partial charge in [0.1, 0.15) is 0 Å². The predicted molar refractivity (Wildman–Crippen MR) is 52.1 cm³/mol. The lowest BCUT2D eigenvalue weighted by molar-refractivity contribution is 0.359. The largest absolute Gasteiger partial charge is 0.301 e. The van der Waals surface area contributed by atoms with Crippen molar-refractivity contribution in [3.8, 4) is 0 Å². The highest BCUT2D eigenvalue weighted by Crippen LogP contribution is 2.09. The van der Waals surface area contributed by atoms with Crippen LogP contribution >= 0.6 is 0 Å². The minimum Gasteiger partial charge on any atom is -0.301 e. The van der Waals surface area contributed by atoms with Crippen molar-refractivity contribution in [3.05, 3.63) is 12.3 Å². The maximum atomic E-state index is 4.24. The van der Waals surface area contributed by atoms with Gasteiger partial charge in [-0.1, -0.05) is 6.58 Å². The van der Waals surface area contributed by atoms with E-state index in [9.17, 15) is 0 Å². The maximum Gasteiger partial charge on any atom is 0.0436 e. The molecule has 1 saturated heterocycles. The van der Waals surface area contributed by atoms with Crippen molar-refractivity contribution in [2.45, 2.75) is 13.3 Å². The SMILES string of the molecule is C=C1CN(C)CCCN1/N=C\C. The highest BCUT2D eigenvalue weighted by atomic mass is 15.5. The molecule has 0 aromatic carbocycles. The molecule has 0 bridgehead atoms. The van der Waals surface area contributed by atoms with Crippen LogP contribution in [-0.2, 0) is 0 Å². The number of hydrogen-bond donors (Lipinski definition) is 0. The highest BCUT2D eigenvalue weighted by Gasteiger charge is 2.12. The van der Waals surface area contributed by atoms with Gasteiger partial charge in [-0.2, -0.15) is 5.10 Å². The molecule has 0 radical (unpaired) electrons. The smallest absolute Gasteiger partial charge is 0.0436 e. The molecule has 0 spiro atoms. The third-order valence-corrected chi connectivity index (χ3v) is 1.98. The predicted octanol–water partition coefficient (Wildman–Crippen LogP) is 1.14. The molecule has 12 heavy (non-hydrogen) atoms. The van der Waals surface area contributed by atoms with Crippen LogP contribution in [0.4, 0.5) is 0 Å². The van der Waals surface area contributed by atoms with Crippen molar-refractivity contribution in [1.29, 1.82) is 0 Å². The molecule has 0 aromatic rings. The van der Waals surface area contributed by atoms with Crippen LogP contribution in [0.3, 0.4) is 0 Å². The first-order chi connectivity index (χ1) is 5.74. The summed E-state index contributed by atoms with van der Waals surface area (Å²) in [5.74, 6) is 0. The van der Waals surface area contributed by atoms with Gasteiger partial charge in [0.05, 0.1) is 0 Å². The van der Waals surface area contributed by atoms with Gasteiger partial charge in [-0.25, -0.2) is 0 Å². The molecule has 3 heteroatoms. The Balaban J connectivity index is 2.57. The van der Waals surface area contributed by atoms with E-state index < -0.39 is 0 Å². The minimum absolute atomic E-state index is 0.928. The van der Waals surface area contributed by atoms with Crippen LogP contribution in [0.5, 0.6) is 0 Å². The monoisotopic (exact) mass is 167 g/mol. The van der Waals surface area contributed by atoms with E-state index in [-0.39, 0.29) is 0 Å². The molecule has 68 valence electrons.